The normalized spacial score (nSPS) is 15.2. The Balaban J connectivity index is 1.93. The molecule has 1 aliphatic carbocycles. The highest BCUT2D eigenvalue weighted by Crippen LogP contribution is 2.30. The number of hydrogen-bond donors (Lipinski definition) is 0. The zero-order valence-electron chi connectivity index (χ0n) is 13.2. The molecule has 0 amide bonds. The van der Waals surface area contributed by atoms with Crippen LogP contribution >= 0.6 is 0 Å². The van der Waals surface area contributed by atoms with Gasteiger partial charge in [0.15, 0.2) is 0 Å². The highest BCUT2D eigenvalue weighted by Gasteiger charge is 2.25. The van der Waals surface area contributed by atoms with E-state index in [1.807, 2.05) is 25.1 Å². The minimum absolute atomic E-state index is 0.255. The third-order valence-electron chi connectivity index (χ3n) is 4.19. The fourth-order valence-corrected chi connectivity index (χ4v) is 3.22. The number of nitrogens with zero attached hydrogens (tertiary/aromatic N) is 2. The molecule has 0 spiro atoms. The number of hydrogen-bond acceptors (Lipinski definition) is 3. The zero-order chi connectivity index (χ0) is 15.5. The first-order valence-corrected chi connectivity index (χ1v) is 7.94. The summed E-state index contributed by atoms with van der Waals surface area (Å²) >= 11 is 0. The van der Waals surface area contributed by atoms with Gasteiger partial charge in [-0.3, -0.25) is 9.48 Å². The summed E-state index contributed by atoms with van der Waals surface area (Å²) in [7, 11) is 0. The molecule has 0 radical (unpaired) electrons. The molecule has 1 atom stereocenters. The average molecular weight is 298 g/mol. The molecule has 1 aromatic carbocycles. The summed E-state index contributed by atoms with van der Waals surface area (Å²) in [5.41, 5.74) is 4.77. The second-order valence-corrected chi connectivity index (χ2v) is 5.91. The smallest absolute Gasteiger partial charge is 0.303 e. The summed E-state index contributed by atoms with van der Waals surface area (Å²) in [6.07, 6.45) is 4.20. The average Bonchev–Trinajstić information content (AvgIpc) is 2.87. The number of carbonyl (C=O) groups excluding carboxylic acids is 1. The fourth-order valence-electron chi connectivity index (χ4n) is 3.22. The highest BCUT2D eigenvalue weighted by atomic mass is 16.5. The van der Waals surface area contributed by atoms with Crippen LogP contribution in [0.25, 0.3) is 0 Å². The number of carbonyl (C=O) groups is 1. The monoisotopic (exact) mass is 298 g/mol. The molecule has 1 heterocycles. The topological polar surface area (TPSA) is 44.1 Å². The molecule has 4 nitrogen and oxygen atoms in total. The Morgan fingerprint density at radius 2 is 2.00 bits per heavy atom. The minimum atomic E-state index is -0.277. The lowest BCUT2D eigenvalue weighted by Crippen LogP contribution is -2.10. The van der Waals surface area contributed by atoms with Gasteiger partial charge in [0.1, 0.15) is 11.8 Å². The summed E-state index contributed by atoms with van der Waals surface area (Å²) in [5.74, 6) is -0.255. The summed E-state index contributed by atoms with van der Waals surface area (Å²) in [6.45, 7) is 4.13. The second kappa shape index (κ2) is 6.34. The van der Waals surface area contributed by atoms with Gasteiger partial charge in [-0.25, -0.2) is 0 Å². The molecular formula is C18H22N2O2. The molecule has 1 aromatic heterocycles. The molecule has 116 valence electrons. The first-order valence-electron chi connectivity index (χ1n) is 7.94. The van der Waals surface area contributed by atoms with Gasteiger partial charge in [-0.1, -0.05) is 30.3 Å². The SMILES string of the molecule is CC(=O)OC(C)c1nn(Cc2ccccc2)c2c1CCCC2. The van der Waals surface area contributed by atoms with E-state index >= 15 is 0 Å². The van der Waals surface area contributed by atoms with Crippen LogP contribution in [0.3, 0.4) is 0 Å². The van der Waals surface area contributed by atoms with E-state index in [4.69, 9.17) is 9.84 Å². The molecule has 0 N–H and O–H groups in total. The lowest BCUT2D eigenvalue weighted by atomic mass is 9.94. The van der Waals surface area contributed by atoms with Gasteiger partial charge in [0.2, 0.25) is 0 Å². The van der Waals surface area contributed by atoms with E-state index in [-0.39, 0.29) is 12.1 Å². The molecular weight excluding hydrogens is 276 g/mol. The van der Waals surface area contributed by atoms with Crippen LogP contribution in [0.15, 0.2) is 30.3 Å². The maximum Gasteiger partial charge on any atom is 0.303 e. The lowest BCUT2D eigenvalue weighted by Gasteiger charge is -2.16. The predicted octanol–water partition coefficient (Wildman–Crippen LogP) is 3.43. The summed E-state index contributed by atoms with van der Waals surface area (Å²) < 4.78 is 7.45. The molecule has 4 heteroatoms. The van der Waals surface area contributed by atoms with Crippen molar-refractivity contribution in [2.45, 2.75) is 52.2 Å². The van der Waals surface area contributed by atoms with Gasteiger partial charge in [0, 0.05) is 18.2 Å². The molecule has 0 bridgehead atoms. The Kier molecular flexibility index (Phi) is 4.27. The van der Waals surface area contributed by atoms with Crippen molar-refractivity contribution in [2.75, 3.05) is 0 Å². The van der Waals surface area contributed by atoms with Gasteiger partial charge in [-0.2, -0.15) is 5.10 Å². The van der Waals surface area contributed by atoms with Crippen molar-refractivity contribution in [3.8, 4) is 0 Å². The molecule has 0 saturated carbocycles. The van der Waals surface area contributed by atoms with E-state index in [1.54, 1.807) is 0 Å². The van der Waals surface area contributed by atoms with Gasteiger partial charge in [0.25, 0.3) is 0 Å². The quantitative estimate of drug-likeness (QED) is 0.812. The first kappa shape index (κ1) is 14.8. The van der Waals surface area contributed by atoms with E-state index in [0.717, 1.165) is 25.1 Å². The van der Waals surface area contributed by atoms with Crippen molar-refractivity contribution >= 4 is 5.97 Å². The van der Waals surface area contributed by atoms with Crippen molar-refractivity contribution in [3.05, 3.63) is 52.8 Å². The number of esters is 1. The molecule has 1 aliphatic rings. The molecule has 22 heavy (non-hydrogen) atoms. The predicted molar refractivity (Wildman–Crippen MR) is 84.6 cm³/mol. The van der Waals surface area contributed by atoms with Gasteiger partial charge in [-0.05, 0) is 38.2 Å². The van der Waals surface area contributed by atoms with Crippen LogP contribution in [0, 0.1) is 0 Å². The highest BCUT2D eigenvalue weighted by molar-refractivity contribution is 5.66. The Hall–Kier alpha value is -2.10. The van der Waals surface area contributed by atoms with Crippen LogP contribution in [0.1, 0.15) is 55.3 Å². The van der Waals surface area contributed by atoms with E-state index in [0.29, 0.717) is 0 Å². The van der Waals surface area contributed by atoms with Crippen LogP contribution in [-0.2, 0) is 28.9 Å². The fraction of sp³-hybridized carbons (Fsp3) is 0.444. The maximum atomic E-state index is 11.2. The maximum absolute atomic E-state index is 11.2. The first-order chi connectivity index (χ1) is 10.6. The van der Waals surface area contributed by atoms with Crippen LogP contribution in [-0.4, -0.2) is 15.7 Å². The van der Waals surface area contributed by atoms with Gasteiger partial charge in [-0.15, -0.1) is 0 Å². The van der Waals surface area contributed by atoms with Crippen molar-refractivity contribution in [1.82, 2.24) is 9.78 Å². The minimum Gasteiger partial charge on any atom is -0.456 e. The van der Waals surface area contributed by atoms with Crippen LogP contribution in [0.2, 0.25) is 0 Å². The molecule has 1 unspecified atom stereocenters. The van der Waals surface area contributed by atoms with Crippen LogP contribution < -0.4 is 0 Å². The Bertz CT molecular complexity index is 661. The summed E-state index contributed by atoms with van der Waals surface area (Å²) in [6, 6.07) is 10.4. The third kappa shape index (κ3) is 3.06. The standard InChI is InChI=1S/C18H22N2O2/c1-13(22-14(2)21)18-16-10-6-7-11-17(16)20(19-18)12-15-8-4-3-5-9-15/h3-5,8-9,13H,6-7,10-12H2,1-2H3. The third-order valence-corrected chi connectivity index (χ3v) is 4.19. The second-order valence-electron chi connectivity index (χ2n) is 5.91. The van der Waals surface area contributed by atoms with Crippen molar-refractivity contribution in [2.24, 2.45) is 0 Å². The van der Waals surface area contributed by atoms with E-state index in [9.17, 15) is 4.79 Å². The zero-order valence-corrected chi connectivity index (χ0v) is 13.2. The van der Waals surface area contributed by atoms with E-state index < -0.39 is 0 Å². The molecule has 3 rings (SSSR count). The largest absolute Gasteiger partial charge is 0.456 e. The van der Waals surface area contributed by atoms with E-state index in [2.05, 4.69) is 16.8 Å². The molecule has 0 saturated heterocycles. The Morgan fingerprint density at radius 3 is 2.73 bits per heavy atom. The number of ether oxygens (including phenoxy) is 1. The molecule has 0 fully saturated rings. The Labute approximate surface area is 131 Å². The van der Waals surface area contributed by atoms with Crippen molar-refractivity contribution in [3.63, 3.8) is 0 Å². The van der Waals surface area contributed by atoms with Gasteiger partial charge >= 0.3 is 5.97 Å². The van der Waals surface area contributed by atoms with Crippen molar-refractivity contribution < 1.29 is 9.53 Å². The van der Waals surface area contributed by atoms with Gasteiger partial charge in [0.05, 0.1) is 6.54 Å². The van der Waals surface area contributed by atoms with Crippen LogP contribution in [0.4, 0.5) is 0 Å². The van der Waals surface area contributed by atoms with Crippen molar-refractivity contribution in [1.29, 1.82) is 0 Å². The van der Waals surface area contributed by atoms with Gasteiger partial charge < -0.3 is 4.74 Å². The summed E-state index contributed by atoms with van der Waals surface area (Å²) in [4.78, 5) is 11.2. The number of benzene rings is 1. The number of rotatable bonds is 4. The lowest BCUT2D eigenvalue weighted by molar-refractivity contribution is -0.146. The molecule has 0 aliphatic heterocycles. The van der Waals surface area contributed by atoms with Crippen LogP contribution in [0.5, 0.6) is 0 Å². The Morgan fingerprint density at radius 1 is 1.27 bits per heavy atom. The number of aromatic nitrogens is 2. The molecule has 2 aromatic rings. The number of fused-ring (bicyclic) bond motifs is 1. The summed E-state index contributed by atoms with van der Waals surface area (Å²) in [5, 5.41) is 4.78. The van der Waals surface area contributed by atoms with E-state index in [1.165, 1.54) is 36.6 Å².